The molecule has 1 aromatic rings. The maximum Gasteiger partial charge on any atom is 0.263 e. The smallest absolute Gasteiger partial charge is 0.263 e. The van der Waals surface area contributed by atoms with Crippen LogP contribution in [0.2, 0.25) is 0 Å². The molecule has 1 rings (SSSR count). The highest BCUT2D eigenvalue weighted by molar-refractivity contribution is 5.80. The molecule has 100 valence electrons. The molecule has 0 saturated heterocycles. The first-order valence-electron chi connectivity index (χ1n) is 5.84. The molecule has 0 bridgehead atoms. The number of rotatable bonds is 5. The van der Waals surface area contributed by atoms with Gasteiger partial charge in [0.25, 0.3) is 5.91 Å². The van der Waals surface area contributed by atoms with Crippen molar-refractivity contribution in [1.29, 1.82) is 0 Å². The minimum atomic E-state index is -0.675. The third-order valence-corrected chi connectivity index (χ3v) is 2.81. The zero-order valence-electron chi connectivity index (χ0n) is 10.9. The van der Waals surface area contributed by atoms with Gasteiger partial charge in [0.1, 0.15) is 11.6 Å². The Morgan fingerprint density at radius 2 is 2.17 bits per heavy atom. The molecule has 1 amide bonds. The van der Waals surface area contributed by atoms with Crippen LogP contribution in [0.15, 0.2) is 24.3 Å². The zero-order chi connectivity index (χ0) is 13.7. The average molecular weight is 254 g/mol. The molecule has 0 spiro atoms. The molecule has 0 heterocycles. The minimum Gasteiger partial charge on any atom is -0.481 e. The lowest BCUT2D eigenvalue weighted by atomic mass is 10.2. The standard InChI is InChI=1S/C13H19FN2O2/c1-9(8-15)16(3)13(17)10(2)18-12-6-4-5-11(14)7-12/h4-7,9-10H,8,15H2,1-3H3. The Balaban J connectivity index is 2.65. The van der Waals surface area contributed by atoms with Crippen LogP contribution >= 0.6 is 0 Å². The monoisotopic (exact) mass is 254 g/mol. The predicted octanol–water partition coefficient (Wildman–Crippen LogP) is 1.40. The summed E-state index contributed by atoms with van der Waals surface area (Å²) in [4.78, 5) is 13.5. The largest absolute Gasteiger partial charge is 0.481 e. The van der Waals surface area contributed by atoms with Crippen LogP contribution < -0.4 is 10.5 Å². The van der Waals surface area contributed by atoms with Gasteiger partial charge in [-0.2, -0.15) is 0 Å². The number of hydrogen-bond donors (Lipinski definition) is 1. The molecule has 0 aromatic heterocycles. The second-order valence-corrected chi connectivity index (χ2v) is 4.25. The van der Waals surface area contributed by atoms with Gasteiger partial charge in [-0.15, -0.1) is 0 Å². The molecular weight excluding hydrogens is 235 g/mol. The van der Waals surface area contributed by atoms with Gasteiger partial charge in [0.2, 0.25) is 0 Å². The predicted molar refractivity (Wildman–Crippen MR) is 67.8 cm³/mol. The number of carbonyl (C=O) groups excluding carboxylic acids is 1. The fourth-order valence-corrected chi connectivity index (χ4v) is 1.46. The van der Waals surface area contributed by atoms with E-state index in [1.807, 2.05) is 6.92 Å². The van der Waals surface area contributed by atoms with Crippen molar-refractivity contribution in [3.8, 4) is 5.75 Å². The molecule has 2 atom stereocenters. The van der Waals surface area contributed by atoms with Gasteiger partial charge in [0.05, 0.1) is 0 Å². The Labute approximate surface area is 107 Å². The van der Waals surface area contributed by atoms with Gasteiger partial charge in [0.15, 0.2) is 6.10 Å². The van der Waals surface area contributed by atoms with E-state index < -0.39 is 11.9 Å². The summed E-state index contributed by atoms with van der Waals surface area (Å²) in [6.07, 6.45) is -0.675. The summed E-state index contributed by atoms with van der Waals surface area (Å²) in [6.45, 7) is 3.87. The number of benzene rings is 1. The van der Waals surface area contributed by atoms with E-state index >= 15 is 0 Å². The average Bonchev–Trinajstić information content (AvgIpc) is 2.36. The summed E-state index contributed by atoms with van der Waals surface area (Å²) >= 11 is 0. The first-order valence-corrected chi connectivity index (χ1v) is 5.84. The van der Waals surface area contributed by atoms with Crippen LogP contribution in [0.3, 0.4) is 0 Å². The Morgan fingerprint density at radius 1 is 1.50 bits per heavy atom. The van der Waals surface area contributed by atoms with Crippen LogP contribution in [0.5, 0.6) is 5.75 Å². The molecule has 18 heavy (non-hydrogen) atoms. The third kappa shape index (κ3) is 3.70. The molecule has 0 aliphatic carbocycles. The van der Waals surface area contributed by atoms with Crippen molar-refractivity contribution in [1.82, 2.24) is 4.90 Å². The second kappa shape index (κ2) is 6.35. The third-order valence-electron chi connectivity index (χ3n) is 2.81. The van der Waals surface area contributed by atoms with Gasteiger partial charge in [-0.25, -0.2) is 4.39 Å². The summed E-state index contributed by atoms with van der Waals surface area (Å²) in [7, 11) is 1.67. The van der Waals surface area contributed by atoms with Gasteiger partial charge < -0.3 is 15.4 Å². The van der Waals surface area contributed by atoms with E-state index in [1.165, 1.54) is 23.1 Å². The lowest BCUT2D eigenvalue weighted by Crippen LogP contribution is -2.45. The maximum absolute atomic E-state index is 13.0. The van der Waals surface area contributed by atoms with Crippen LogP contribution in [0.4, 0.5) is 4.39 Å². The number of nitrogens with zero attached hydrogens (tertiary/aromatic N) is 1. The van der Waals surface area contributed by atoms with Crippen LogP contribution in [-0.4, -0.2) is 36.5 Å². The molecule has 2 unspecified atom stereocenters. The van der Waals surface area contributed by atoms with Crippen LogP contribution in [-0.2, 0) is 4.79 Å². The number of amides is 1. The van der Waals surface area contributed by atoms with E-state index in [9.17, 15) is 9.18 Å². The van der Waals surface area contributed by atoms with E-state index in [2.05, 4.69) is 0 Å². The van der Waals surface area contributed by atoms with Crippen molar-refractivity contribution in [2.75, 3.05) is 13.6 Å². The van der Waals surface area contributed by atoms with Crippen molar-refractivity contribution in [2.24, 2.45) is 5.73 Å². The molecule has 1 aromatic carbocycles. The van der Waals surface area contributed by atoms with Crippen molar-refractivity contribution in [3.63, 3.8) is 0 Å². The minimum absolute atomic E-state index is 0.0592. The van der Waals surface area contributed by atoms with E-state index in [0.29, 0.717) is 12.3 Å². The fraction of sp³-hybridized carbons (Fsp3) is 0.462. The highest BCUT2D eigenvalue weighted by atomic mass is 19.1. The van der Waals surface area contributed by atoms with Gasteiger partial charge in [-0.3, -0.25) is 4.79 Å². The molecular formula is C13H19FN2O2. The lowest BCUT2D eigenvalue weighted by Gasteiger charge is -2.26. The Morgan fingerprint density at radius 3 is 2.72 bits per heavy atom. The van der Waals surface area contributed by atoms with Crippen LogP contribution in [0, 0.1) is 5.82 Å². The quantitative estimate of drug-likeness (QED) is 0.864. The van der Waals surface area contributed by atoms with Gasteiger partial charge in [-0.05, 0) is 26.0 Å². The van der Waals surface area contributed by atoms with E-state index in [-0.39, 0.29) is 11.9 Å². The summed E-state index contributed by atoms with van der Waals surface area (Å²) < 4.78 is 18.4. The number of nitrogens with two attached hydrogens (primary N) is 1. The number of halogens is 1. The Bertz CT molecular complexity index is 412. The van der Waals surface area contributed by atoms with Crippen LogP contribution in [0.25, 0.3) is 0 Å². The van der Waals surface area contributed by atoms with E-state index in [0.717, 1.165) is 0 Å². The molecule has 0 aliphatic heterocycles. The second-order valence-electron chi connectivity index (χ2n) is 4.25. The number of hydrogen-bond acceptors (Lipinski definition) is 3. The topological polar surface area (TPSA) is 55.6 Å². The molecule has 0 radical (unpaired) electrons. The normalized spacial score (nSPS) is 13.8. The summed E-state index contributed by atoms with van der Waals surface area (Å²) in [6, 6.07) is 5.65. The molecule has 0 saturated carbocycles. The van der Waals surface area contributed by atoms with Crippen molar-refractivity contribution in [3.05, 3.63) is 30.1 Å². The number of likely N-dealkylation sites (N-methyl/N-ethyl adjacent to an activating group) is 1. The highest BCUT2D eigenvalue weighted by Crippen LogP contribution is 2.14. The van der Waals surface area contributed by atoms with Crippen molar-refractivity contribution >= 4 is 5.91 Å². The van der Waals surface area contributed by atoms with Gasteiger partial charge in [0, 0.05) is 25.7 Å². The van der Waals surface area contributed by atoms with Gasteiger partial charge >= 0.3 is 0 Å². The Hall–Kier alpha value is -1.62. The molecule has 4 nitrogen and oxygen atoms in total. The zero-order valence-corrected chi connectivity index (χ0v) is 10.9. The molecule has 2 N–H and O–H groups in total. The number of carbonyl (C=O) groups is 1. The molecule has 0 fully saturated rings. The van der Waals surface area contributed by atoms with E-state index in [4.69, 9.17) is 10.5 Å². The number of ether oxygens (including phenoxy) is 1. The van der Waals surface area contributed by atoms with Crippen LogP contribution in [0.1, 0.15) is 13.8 Å². The summed E-state index contributed by atoms with van der Waals surface area (Å²) in [5.41, 5.74) is 5.50. The molecule has 0 aliphatic rings. The van der Waals surface area contributed by atoms with Crippen molar-refractivity contribution < 1.29 is 13.9 Å². The SMILES string of the molecule is CC(Oc1cccc(F)c1)C(=O)N(C)C(C)CN. The Kier molecular flexibility index (Phi) is 5.09. The lowest BCUT2D eigenvalue weighted by molar-refractivity contribution is -0.138. The van der Waals surface area contributed by atoms with Crippen molar-refractivity contribution in [2.45, 2.75) is 26.0 Å². The first kappa shape index (κ1) is 14.4. The molecule has 5 heteroatoms. The maximum atomic E-state index is 13.0. The summed E-state index contributed by atoms with van der Waals surface area (Å²) in [5.74, 6) is -0.238. The van der Waals surface area contributed by atoms with Gasteiger partial charge in [-0.1, -0.05) is 6.07 Å². The summed E-state index contributed by atoms with van der Waals surface area (Å²) in [5, 5.41) is 0. The van der Waals surface area contributed by atoms with E-state index in [1.54, 1.807) is 20.0 Å². The fourth-order valence-electron chi connectivity index (χ4n) is 1.46. The highest BCUT2D eigenvalue weighted by Gasteiger charge is 2.22. The first-order chi connectivity index (χ1) is 8.45.